The van der Waals surface area contributed by atoms with Gasteiger partial charge in [-0.2, -0.15) is 0 Å². The van der Waals surface area contributed by atoms with Gasteiger partial charge in [-0.1, -0.05) is 103 Å². The molecule has 0 spiro atoms. The number of rotatable bonds is 1. The second-order valence-corrected chi connectivity index (χ2v) is 9.32. The topological polar surface area (TPSA) is 12.0 Å². The largest absolute Gasteiger partial charge is 0.314 e. The van der Waals surface area contributed by atoms with Crippen molar-refractivity contribution in [3.8, 4) is 0 Å². The van der Waals surface area contributed by atoms with Gasteiger partial charge >= 0.3 is 0 Å². The summed E-state index contributed by atoms with van der Waals surface area (Å²) in [7, 11) is 0. The number of hydrogen-bond donors (Lipinski definition) is 1. The van der Waals surface area contributed by atoms with E-state index >= 15 is 0 Å². The Bertz CT molecular complexity index is 286. The van der Waals surface area contributed by atoms with E-state index in [1.54, 1.807) is 0 Å². The van der Waals surface area contributed by atoms with Crippen molar-refractivity contribution in [3.05, 3.63) is 0 Å². The van der Waals surface area contributed by atoms with E-state index < -0.39 is 0 Å². The zero-order chi connectivity index (χ0) is 17.6. The molecule has 1 heteroatoms. The van der Waals surface area contributed by atoms with Crippen LogP contribution >= 0.6 is 0 Å². The molecule has 1 aliphatic carbocycles. The molecule has 0 bridgehead atoms. The zero-order valence-electron chi connectivity index (χ0n) is 17.4. The van der Waals surface area contributed by atoms with Crippen LogP contribution in [0.2, 0.25) is 0 Å². The molecule has 0 radical (unpaired) electrons. The van der Waals surface area contributed by atoms with Crippen LogP contribution in [0.3, 0.4) is 0 Å². The quantitative estimate of drug-likeness (QED) is 0.513. The highest BCUT2D eigenvalue weighted by Gasteiger charge is 2.21. The van der Waals surface area contributed by atoms with Gasteiger partial charge in [-0.25, -0.2) is 0 Å². The van der Waals surface area contributed by atoms with Crippen molar-refractivity contribution in [1.29, 1.82) is 0 Å². The highest BCUT2D eigenvalue weighted by molar-refractivity contribution is 4.78. The van der Waals surface area contributed by atoms with E-state index in [0.717, 1.165) is 17.9 Å². The van der Waals surface area contributed by atoms with Crippen molar-refractivity contribution in [3.63, 3.8) is 0 Å². The van der Waals surface area contributed by atoms with E-state index in [4.69, 9.17) is 0 Å². The molecule has 25 heavy (non-hydrogen) atoms. The molecule has 0 aromatic heterocycles. The van der Waals surface area contributed by atoms with Crippen LogP contribution in [-0.2, 0) is 0 Å². The molecule has 1 saturated heterocycles. The van der Waals surface area contributed by atoms with Gasteiger partial charge in [0.2, 0.25) is 0 Å². The van der Waals surface area contributed by atoms with Gasteiger partial charge in [0.1, 0.15) is 0 Å². The van der Waals surface area contributed by atoms with Gasteiger partial charge in [-0.3, -0.25) is 0 Å². The van der Waals surface area contributed by atoms with Crippen molar-refractivity contribution >= 4 is 0 Å². The van der Waals surface area contributed by atoms with Gasteiger partial charge in [0.25, 0.3) is 0 Å². The monoisotopic (exact) mass is 349 g/mol. The second kappa shape index (κ2) is 14.1. The normalized spacial score (nSPS) is 33.2. The van der Waals surface area contributed by atoms with Crippen LogP contribution in [0.4, 0.5) is 0 Å². The van der Waals surface area contributed by atoms with Crippen LogP contribution in [0.1, 0.15) is 129 Å². The lowest BCUT2D eigenvalue weighted by molar-refractivity contribution is 0.279. The number of hydrogen-bond acceptors (Lipinski definition) is 1. The molecule has 3 unspecified atom stereocenters. The minimum Gasteiger partial charge on any atom is -0.314 e. The molecular formula is C24H47N. The molecule has 1 nitrogen and oxygen atoms in total. The van der Waals surface area contributed by atoms with E-state index in [9.17, 15) is 0 Å². The first-order valence-corrected chi connectivity index (χ1v) is 12.1. The maximum Gasteiger partial charge on any atom is 0.00953 e. The molecule has 1 heterocycles. The summed E-state index contributed by atoms with van der Waals surface area (Å²) in [6, 6.07) is 0.818. The third-order valence-corrected chi connectivity index (χ3v) is 6.96. The van der Waals surface area contributed by atoms with Crippen molar-refractivity contribution in [2.24, 2.45) is 11.8 Å². The first-order chi connectivity index (χ1) is 12.4. The van der Waals surface area contributed by atoms with Gasteiger partial charge in [-0.05, 0) is 44.1 Å². The van der Waals surface area contributed by atoms with Crippen LogP contribution < -0.4 is 5.32 Å². The average molecular weight is 350 g/mol. The highest BCUT2D eigenvalue weighted by atomic mass is 14.9. The molecule has 1 saturated carbocycles. The van der Waals surface area contributed by atoms with Crippen molar-refractivity contribution < 1.29 is 0 Å². The summed E-state index contributed by atoms with van der Waals surface area (Å²) in [4.78, 5) is 0. The van der Waals surface area contributed by atoms with Crippen LogP contribution in [-0.4, -0.2) is 12.6 Å². The Balaban J connectivity index is 1.84. The minimum atomic E-state index is 0.818. The van der Waals surface area contributed by atoms with E-state index in [0.29, 0.717) is 0 Å². The summed E-state index contributed by atoms with van der Waals surface area (Å²) in [5.74, 6) is 1.93. The maximum absolute atomic E-state index is 4.04. The maximum atomic E-state index is 4.04. The smallest absolute Gasteiger partial charge is 0.00953 e. The second-order valence-electron chi connectivity index (χ2n) is 9.32. The first-order valence-electron chi connectivity index (χ1n) is 12.1. The number of nitrogens with one attached hydrogen (secondary N) is 1. The Morgan fingerprint density at radius 2 is 0.920 bits per heavy atom. The molecule has 0 amide bonds. The van der Waals surface area contributed by atoms with Crippen LogP contribution in [0.5, 0.6) is 0 Å². The van der Waals surface area contributed by atoms with Gasteiger partial charge in [-0.15, -0.1) is 0 Å². The van der Waals surface area contributed by atoms with E-state index in [-0.39, 0.29) is 0 Å². The fraction of sp³-hybridized carbons (Fsp3) is 1.00. The van der Waals surface area contributed by atoms with Crippen molar-refractivity contribution in [2.75, 3.05) is 6.54 Å². The molecule has 148 valence electrons. The molecule has 2 aliphatic rings. The lowest BCUT2D eigenvalue weighted by Gasteiger charge is -2.29. The molecule has 2 fully saturated rings. The molecule has 3 atom stereocenters. The van der Waals surface area contributed by atoms with Gasteiger partial charge in [0, 0.05) is 6.04 Å². The molecular weight excluding hydrogens is 302 g/mol. The molecule has 1 N–H and O–H groups in total. The molecule has 0 aromatic rings. The van der Waals surface area contributed by atoms with Crippen LogP contribution in [0, 0.1) is 11.8 Å². The summed E-state index contributed by atoms with van der Waals surface area (Å²) >= 11 is 0. The summed E-state index contributed by atoms with van der Waals surface area (Å²) in [5.41, 5.74) is 0. The van der Waals surface area contributed by atoms with Gasteiger partial charge in [0.15, 0.2) is 0 Å². The Labute approximate surface area is 159 Å². The van der Waals surface area contributed by atoms with E-state index in [1.807, 2.05) is 0 Å². The summed E-state index contributed by atoms with van der Waals surface area (Å²) < 4.78 is 0. The summed E-state index contributed by atoms with van der Waals surface area (Å²) in [6.07, 6.45) is 28.0. The first kappa shape index (κ1) is 21.3. The molecule has 1 aliphatic heterocycles. The minimum absolute atomic E-state index is 0.818. The van der Waals surface area contributed by atoms with Crippen LogP contribution in [0.25, 0.3) is 0 Å². The Hall–Kier alpha value is -0.0400. The Morgan fingerprint density at radius 1 is 0.480 bits per heavy atom. The standard InChI is InChI=1S/C24H47N/c1-22-16-10-9-11-18-23(19-14-13-17-22)24-20-12-7-5-3-2-4-6-8-15-21-25-24/h22-25H,2-21H2,1H3. The fourth-order valence-electron chi connectivity index (χ4n) is 5.19. The van der Waals surface area contributed by atoms with E-state index in [1.165, 1.54) is 129 Å². The summed E-state index contributed by atoms with van der Waals surface area (Å²) in [5, 5.41) is 4.04. The predicted molar refractivity (Wildman–Crippen MR) is 112 cm³/mol. The molecule has 2 rings (SSSR count). The Morgan fingerprint density at radius 3 is 1.64 bits per heavy atom. The highest BCUT2D eigenvalue weighted by Crippen LogP contribution is 2.28. The molecule has 0 aromatic carbocycles. The SMILES string of the molecule is CC1CCCCCC(C2CCCCCCCCCCCN2)CCCC1. The summed E-state index contributed by atoms with van der Waals surface area (Å²) in [6.45, 7) is 3.75. The zero-order valence-corrected chi connectivity index (χ0v) is 17.4. The van der Waals surface area contributed by atoms with Crippen LogP contribution in [0.15, 0.2) is 0 Å². The van der Waals surface area contributed by atoms with Crippen molar-refractivity contribution in [1.82, 2.24) is 5.32 Å². The predicted octanol–water partition coefficient (Wildman–Crippen LogP) is 7.64. The average Bonchev–Trinajstić information content (AvgIpc) is 2.63. The van der Waals surface area contributed by atoms with Gasteiger partial charge < -0.3 is 5.32 Å². The van der Waals surface area contributed by atoms with Gasteiger partial charge in [0.05, 0.1) is 0 Å². The lowest BCUT2D eigenvalue weighted by Crippen LogP contribution is -2.37. The lowest BCUT2D eigenvalue weighted by atomic mass is 9.85. The van der Waals surface area contributed by atoms with E-state index in [2.05, 4.69) is 12.2 Å². The fourth-order valence-corrected chi connectivity index (χ4v) is 5.19. The third-order valence-electron chi connectivity index (χ3n) is 6.96. The Kier molecular flexibility index (Phi) is 12.0. The van der Waals surface area contributed by atoms with Crippen molar-refractivity contribution in [2.45, 2.75) is 135 Å². The third kappa shape index (κ3) is 10.0.